The predicted octanol–water partition coefficient (Wildman–Crippen LogP) is 3.40. The number of thiophene rings is 1. The molecule has 33 heavy (non-hydrogen) atoms. The van der Waals surface area contributed by atoms with Gasteiger partial charge < -0.3 is 15.0 Å². The van der Waals surface area contributed by atoms with Gasteiger partial charge in [-0.3, -0.25) is 9.69 Å². The van der Waals surface area contributed by atoms with Crippen molar-refractivity contribution < 1.29 is 14.5 Å². The van der Waals surface area contributed by atoms with Gasteiger partial charge in [0.2, 0.25) is 0 Å². The molecule has 1 amide bonds. The normalized spacial score (nSPS) is 13.9. The molecule has 0 saturated carbocycles. The number of carbonyl (C=O) groups is 1. The number of aromatic amines is 1. The van der Waals surface area contributed by atoms with Crippen LogP contribution < -0.4 is 24.8 Å². The summed E-state index contributed by atoms with van der Waals surface area (Å²) in [6.07, 6.45) is 3.54. The molecule has 4 heterocycles. The van der Waals surface area contributed by atoms with Gasteiger partial charge in [0.15, 0.2) is 0 Å². The molecule has 1 fully saturated rings. The van der Waals surface area contributed by atoms with E-state index in [1.54, 1.807) is 13.4 Å². The zero-order valence-electron chi connectivity index (χ0n) is 18.5. The zero-order chi connectivity index (χ0) is 22.8. The van der Waals surface area contributed by atoms with Crippen LogP contribution in [0.2, 0.25) is 0 Å². The lowest BCUT2D eigenvalue weighted by Crippen LogP contribution is -2.48. The van der Waals surface area contributed by atoms with E-state index in [1.807, 2.05) is 49.5 Å². The van der Waals surface area contributed by atoms with E-state index in [0.717, 1.165) is 53.6 Å². The summed E-state index contributed by atoms with van der Waals surface area (Å²) in [4.78, 5) is 31.6. The Kier molecular flexibility index (Phi) is 5.78. The van der Waals surface area contributed by atoms with E-state index in [9.17, 15) is 4.79 Å². The first-order valence-corrected chi connectivity index (χ1v) is 11.6. The van der Waals surface area contributed by atoms with Gasteiger partial charge in [0.1, 0.15) is 35.8 Å². The Morgan fingerprint density at radius 2 is 1.82 bits per heavy atom. The number of carbonyl (C=O) groups excluding carboxylic acids is 1. The number of piperazine rings is 1. The minimum atomic E-state index is -0.171. The third-order valence-corrected chi connectivity index (χ3v) is 7.08. The maximum Gasteiger partial charge on any atom is 0.274 e. The second kappa shape index (κ2) is 9.03. The molecule has 5 rings (SSSR count). The molecule has 1 saturated heterocycles. The first-order chi connectivity index (χ1) is 16.2. The minimum absolute atomic E-state index is 0.171. The molecule has 3 aromatic heterocycles. The van der Waals surface area contributed by atoms with Crippen molar-refractivity contribution in [3.05, 3.63) is 65.4 Å². The summed E-state index contributed by atoms with van der Waals surface area (Å²) in [5, 5.41) is 3.93. The molecule has 0 aliphatic carbocycles. The number of aromatic nitrogens is 3. The first kappa shape index (κ1) is 21.1. The van der Waals surface area contributed by atoms with Crippen LogP contribution in [0, 0.1) is 6.92 Å². The van der Waals surface area contributed by atoms with Crippen LogP contribution in [0.25, 0.3) is 10.2 Å². The highest BCUT2D eigenvalue weighted by atomic mass is 32.1. The number of fused-ring (bicyclic) bond motifs is 1. The molecule has 1 aliphatic heterocycles. The number of para-hydroxylation sites is 2. The van der Waals surface area contributed by atoms with Gasteiger partial charge in [-0.15, -0.1) is 11.3 Å². The number of methoxy groups -OCH3 is 1. The Morgan fingerprint density at radius 3 is 2.58 bits per heavy atom. The molecule has 1 aromatic carbocycles. The van der Waals surface area contributed by atoms with Crippen LogP contribution in [0.4, 0.5) is 17.3 Å². The lowest BCUT2D eigenvalue weighted by atomic mass is 10.1. The van der Waals surface area contributed by atoms with Gasteiger partial charge in [0.05, 0.1) is 42.3 Å². The summed E-state index contributed by atoms with van der Waals surface area (Å²) in [6.45, 7) is 5.42. The van der Waals surface area contributed by atoms with Crippen LogP contribution in [-0.4, -0.2) is 49.2 Å². The Balaban J connectivity index is 1.40. The smallest absolute Gasteiger partial charge is 0.274 e. The summed E-state index contributed by atoms with van der Waals surface area (Å²) in [5.74, 6) is 2.46. The van der Waals surface area contributed by atoms with Crippen LogP contribution >= 0.6 is 11.3 Å². The molecule has 8 nitrogen and oxygen atoms in total. The Morgan fingerprint density at radius 1 is 1.06 bits per heavy atom. The number of anilines is 3. The van der Waals surface area contributed by atoms with Gasteiger partial charge in [-0.2, -0.15) is 0 Å². The van der Waals surface area contributed by atoms with Crippen molar-refractivity contribution in [1.29, 1.82) is 0 Å². The topological polar surface area (TPSA) is 84.7 Å². The number of hydrogen-bond donors (Lipinski definition) is 1. The molecule has 1 aliphatic rings. The second-order valence-corrected chi connectivity index (χ2v) is 8.81. The second-order valence-electron chi connectivity index (χ2n) is 7.81. The summed E-state index contributed by atoms with van der Waals surface area (Å²) >= 11 is 1.39. The van der Waals surface area contributed by atoms with E-state index < -0.39 is 0 Å². The van der Waals surface area contributed by atoms with Crippen molar-refractivity contribution in [1.82, 2.24) is 9.97 Å². The fourth-order valence-corrected chi connectivity index (χ4v) is 5.21. The maximum atomic E-state index is 13.1. The molecule has 0 radical (unpaired) electrons. The zero-order valence-corrected chi connectivity index (χ0v) is 19.4. The number of nitrogens with one attached hydrogen (secondary N) is 2. The van der Waals surface area contributed by atoms with Crippen LogP contribution in [0.15, 0.2) is 55.0 Å². The maximum absolute atomic E-state index is 13.1. The highest BCUT2D eigenvalue weighted by Crippen LogP contribution is 2.36. The monoisotopic (exact) mass is 461 g/mol. The molecule has 168 valence electrons. The fourth-order valence-electron chi connectivity index (χ4n) is 4.18. The van der Waals surface area contributed by atoms with E-state index in [1.165, 1.54) is 11.3 Å². The standard InChI is InChI=1S/C24H24N6O2S/c1-16-20-22(30-13-11-29(12-14-30)19-9-5-6-10-25-19)26-15-27-24(20)33-21(16)23(31)28-17-7-3-4-8-18(17)32-2/h3-10,15H,11-14H2,1-2H3,(H,28,31)/p+1. The number of nitrogens with zero attached hydrogens (tertiary/aromatic N) is 4. The van der Waals surface area contributed by atoms with E-state index in [2.05, 4.69) is 36.1 Å². The number of amides is 1. The molecule has 0 bridgehead atoms. The molecule has 0 spiro atoms. The SMILES string of the molecule is COc1ccccc1NC(=O)c1sc2ncnc(N3CCN(c4cccc[nH+]4)CC3)c2c1C. The van der Waals surface area contributed by atoms with E-state index >= 15 is 0 Å². The average Bonchev–Trinajstić information content (AvgIpc) is 3.22. The minimum Gasteiger partial charge on any atom is -0.495 e. The molecule has 0 atom stereocenters. The number of rotatable bonds is 5. The van der Waals surface area contributed by atoms with Crippen molar-refractivity contribution in [2.45, 2.75) is 6.92 Å². The van der Waals surface area contributed by atoms with E-state index in [4.69, 9.17) is 4.74 Å². The largest absolute Gasteiger partial charge is 0.495 e. The lowest BCUT2D eigenvalue weighted by Gasteiger charge is -2.32. The predicted molar refractivity (Wildman–Crippen MR) is 131 cm³/mol. The quantitative estimate of drug-likeness (QED) is 0.490. The van der Waals surface area contributed by atoms with Crippen LogP contribution in [0.3, 0.4) is 0 Å². The van der Waals surface area contributed by atoms with Gasteiger partial charge in [-0.25, -0.2) is 15.0 Å². The van der Waals surface area contributed by atoms with Crippen molar-refractivity contribution >= 4 is 44.8 Å². The number of H-pyrrole nitrogens is 1. The van der Waals surface area contributed by atoms with Gasteiger partial charge in [-0.05, 0) is 30.7 Å². The number of hydrogen-bond acceptors (Lipinski definition) is 7. The molecule has 4 aromatic rings. The summed E-state index contributed by atoms with van der Waals surface area (Å²) in [7, 11) is 1.59. The van der Waals surface area contributed by atoms with Crippen LogP contribution in [0.5, 0.6) is 5.75 Å². The van der Waals surface area contributed by atoms with Crippen LogP contribution in [-0.2, 0) is 0 Å². The fraction of sp³-hybridized carbons (Fsp3) is 0.250. The third kappa shape index (κ3) is 4.07. The molecular formula is C24H25N6O2S+. The van der Waals surface area contributed by atoms with Gasteiger partial charge in [-0.1, -0.05) is 18.2 Å². The van der Waals surface area contributed by atoms with E-state index in [-0.39, 0.29) is 5.91 Å². The highest BCUT2D eigenvalue weighted by Gasteiger charge is 2.27. The number of pyridine rings is 1. The number of benzene rings is 1. The summed E-state index contributed by atoms with van der Waals surface area (Å²) in [6, 6.07) is 13.5. The van der Waals surface area contributed by atoms with Gasteiger partial charge in [0.25, 0.3) is 11.7 Å². The van der Waals surface area contributed by atoms with Gasteiger partial charge in [0, 0.05) is 6.07 Å². The average molecular weight is 462 g/mol. The van der Waals surface area contributed by atoms with Gasteiger partial charge >= 0.3 is 0 Å². The molecule has 0 unspecified atom stereocenters. The van der Waals surface area contributed by atoms with Crippen molar-refractivity contribution in [3.63, 3.8) is 0 Å². The van der Waals surface area contributed by atoms with Crippen molar-refractivity contribution in [2.24, 2.45) is 0 Å². The summed E-state index contributed by atoms with van der Waals surface area (Å²) in [5.41, 5.74) is 1.54. The lowest BCUT2D eigenvalue weighted by molar-refractivity contribution is -0.364. The summed E-state index contributed by atoms with van der Waals surface area (Å²) < 4.78 is 5.36. The van der Waals surface area contributed by atoms with E-state index in [0.29, 0.717) is 16.3 Å². The molecular weight excluding hydrogens is 436 g/mol. The Labute approximate surface area is 195 Å². The Hall–Kier alpha value is -3.72. The van der Waals surface area contributed by atoms with Crippen LogP contribution in [0.1, 0.15) is 15.2 Å². The number of ether oxygens (including phenoxy) is 1. The molecule has 2 N–H and O–H groups in total. The van der Waals surface area contributed by atoms with Crippen molar-refractivity contribution in [2.75, 3.05) is 48.4 Å². The third-order valence-electron chi connectivity index (χ3n) is 5.88. The highest BCUT2D eigenvalue weighted by molar-refractivity contribution is 7.20. The molecule has 9 heteroatoms. The van der Waals surface area contributed by atoms with Crippen molar-refractivity contribution in [3.8, 4) is 5.75 Å². The first-order valence-electron chi connectivity index (χ1n) is 10.8. The Bertz CT molecular complexity index is 1280. The number of aryl methyl sites for hydroxylation is 1.